The topological polar surface area (TPSA) is 76.6 Å². The van der Waals surface area contributed by atoms with E-state index in [4.69, 9.17) is 9.47 Å². The van der Waals surface area contributed by atoms with Crippen molar-refractivity contribution in [3.05, 3.63) is 36.0 Å². The predicted molar refractivity (Wildman–Crippen MR) is 86.1 cm³/mol. The summed E-state index contributed by atoms with van der Waals surface area (Å²) in [5.74, 6) is 1.73. The van der Waals surface area contributed by atoms with Gasteiger partial charge in [-0.15, -0.1) is 10.2 Å². The van der Waals surface area contributed by atoms with Gasteiger partial charge in [0.1, 0.15) is 0 Å². The number of anilines is 2. The summed E-state index contributed by atoms with van der Waals surface area (Å²) < 4.78 is 10.5. The molecule has 7 nitrogen and oxygen atoms in total. The Hall–Kier alpha value is -2.83. The number of nitrogens with one attached hydrogen (secondary N) is 1. The number of nitrogens with zero attached hydrogens (tertiary/aromatic N) is 3. The first kappa shape index (κ1) is 15.1. The highest BCUT2D eigenvalue weighted by Gasteiger charge is 2.15. The van der Waals surface area contributed by atoms with Crippen LogP contribution >= 0.6 is 0 Å². The van der Waals surface area contributed by atoms with Crippen molar-refractivity contribution in [2.75, 3.05) is 30.1 Å². The molecule has 3 rings (SSSR count). The van der Waals surface area contributed by atoms with Gasteiger partial charge in [0, 0.05) is 24.8 Å². The smallest absolute Gasteiger partial charge is 0.276 e. The highest BCUT2D eigenvalue weighted by atomic mass is 16.7. The van der Waals surface area contributed by atoms with Crippen molar-refractivity contribution in [1.29, 1.82) is 0 Å². The average Bonchev–Trinajstić information content (AvgIpc) is 3.04. The van der Waals surface area contributed by atoms with Crippen molar-refractivity contribution >= 4 is 17.4 Å². The summed E-state index contributed by atoms with van der Waals surface area (Å²) in [7, 11) is 0. The number of hydrogen-bond donors (Lipinski definition) is 1. The van der Waals surface area contributed by atoms with Crippen LogP contribution in [-0.2, 0) is 0 Å². The molecule has 23 heavy (non-hydrogen) atoms. The molecule has 0 radical (unpaired) electrons. The standard InChI is InChI=1S/C16H18N4O3/c1-3-20(4-2)15-8-6-12(18-19-15)16(21)17-11-5-7-13-14(9-11)23-10-22-13/h5-9H,3-4,10H2,1-2H3,(H,17,21). The zero-order valence-corrected chi connectivity index (χ0v) is 13.1. The molecule has 0 spiro atoms. The second kappa shape index (κ2) is 6.51. The first-order chi connectivity index (χ1) is 11.2. The third kappa shape index (κ3) is 3.18. The minimum atomic E-state index is -0.317. The van der Waals surface area contributed by atoms with Gasteiger partial charge in [0.15, 0.2) is 23.0 Å². The maximum atomic E-state index is 12.2. The van der Waals surface area contributed by atoms with Gasteiger partial charge in [-0.25, -0.2) is 0 Å². The Labute approximate surface area is 134 Å². The molecule has 0 unspecified atom stereocenters. The molecule has 0 saturated carbocycles. The fraction of sp³-hybridized carbons (Fsp3) is 0.312. The van der Waals surface area contributed by atoms with Crippen LogP contribution in [0.1, 0.15) is 24.3 Å². The molecule has 7 heteroatoms. The Balaban J connectivity index is 1.71. The third-order valence-electron chi connectivity index (χ3n) is 3.60. The average molecular weight is 314 g/mol. The van der Waals surface area contributed by atoms with Crippen molar-refractivity contribution in [3.63, 3.8) is 0 Å². The summed E-state index contributed by atoms with van der Waals surface area (Å²) in [5.41, 5.74) is 0.882. The van der Waals surface area contributed by atoms with E-state index in [1.165, 1.54) is 0 Å². The van der Waals surface area contributed by atoms with Crippen LogP contribution in [0.15, 0.2) is 30.3 Å². The highest BCUT2D eigenvalue weighted by Crippen LogP contribution is 2.34. The van der Waals surface area contributed by atoms with Crippen molar-refractivity contribution in [1.82, 2.24) is 10.2 Å². The first-order valence-electron chi connectivity index (χ1n) is 7.51. The summed E-state index contributed by atoms with van der Waals surface area (Å²) in [6.07, 6.45) is 0. The number of ether oxygens (including phenoxy) is 2. The lowest BCUT2D eigenvalue weighted by Crippen LogP contribution is -2.24. The number of fused-ring (bicyclic) bond motifs is 1. The van der Waals surface area contributed by atoms with Crippen LogP contribution in [0, 0.1) is 0 Å². The molecule has 2 aromatic rings. The van der Waals surface area contributed by atoms with Crippen molar-refractivity contribution in [2.45, 2.75) is 13.8 Å². The van der Waals surface area contributed by atoms with Gasteiger partial charge < -0.3 is 19.7 Å². The Kier molecular flexibility index (Phi) is 4.27. The molecule has 0 atom stereocenters. The van der Waals surface area contributed by atoms with Gasteiger partial charge in [-0.05, 0) is 38.1 Å². The molecule has 0 aliphatic carbocycles. The minimum Gasteiger partial charge on any atom is -0.454 e. The second-order valence-corrected chi connectivity index (χ2v) is 4.97. The minimum absolute atomic E-state index is 0.199. The summed E-state index contributed by atoms with van der Waals surface area (Å²) in [5, 5.41) is 10.9. The van der Waals surface area contributed by atoms with Crippen LogP contribution in [0.3, 0.4) is 0 Å². The van der Waals surface area contributed by atoms with Crippen molar-refractivity contribution in [3.8, 4) is 11.5 Å². The molecule has 1 aliphatic rings. The quantitative estimate of drug-likeness (QED) is 0.912. The fourth-order valence-corrected chi connectivity index (χ4v) is 2.33. The van der Waals surface area contributed by atoms with E-state index in [2.05, 4.69) is 20.4 Å². The third-order valence-corrected chi connectivity index (χ3v) is 3.60. The molecule has 1 aliphatic heterocycles. The highest BCUT2D eigenvalue weighted by molar-refractivity contribution is 6.03. The number of carbonyl (C=O) groups is 1. The number of aromatic nitrogens is 2. The van der Waals surface area contributed by atoms with Crippen LogP contribution in [0.25, 0.3) is 0 Å². The van der Waals surface area contributed by atoms with Gasteiger partial charge in [-0.1, -0.05) is 0 Å². The van der Waals surface area contributed by atoms with Gasteiger partial charge in [-0.2, -0.15) is 0 Å². The van der Waals surface area contributed by atoms with E-state index < -0.39 is 0 Å². The predicted octanol–water partition coefficient (Wildman–Crippen LogP) is 2.30. The monoisotopic (exact) mass is 314 g/mol. The summed E-state index contributed by atoms with van der Waals surface area (Å²) in [4.78, 5) is 14.3. The number of amides is 1. The Morgan fingerprint density at radius 1 is 1.13 bits per heavy atom. The molecule has 0 saturated heterocycles. The zero-order valence-electron chi connectivity index (χ0n) is 13.1. The molecule has 1 aromatic heterocycles. The van der Waals surface area contributed by atoms with Gasteiger partial charge in [0.05, 0.1) is 0 Å². The Bertz CT molecular complexity index is 699. The lowest BCUT2D eigenvalue weighted by molar-refractivity contribution is 0.102. The molecule has 120 valence electrons. The van der Waals surface area contributed by atoms with E-state index in [9.17, 15) is 4.79 Å². The molecular formula is C16H18N4O3. The van der Waals surface area contributed by atoms with Gasteiger partial charge in [0.25, 0.3) is 5.91 Å². The van der Waals surface area contributed by atoms with E-state index in [-0.39, 0.29) is 18.4 Å². The van der Waals surface area contributed by atoms with E-state index in [1.807, 2.05) is 13.8 Å². The molecule has 0 fully saturated rings. The molecule has 1 aromatic carbocycles. The molecule has 1 amide bonds. The summed E-state index contributed by atoms with van der Waals surface area (Å²) in [6, 6.07) is 8.70. The molecule has 2 heterocycles. The van der Waals surface area contributed by atoms with Gasteiger partial charge in [-0.3, -0.25) is 4.79 Å². The largest absolute Gasteiger partial charge is 0.454 e. The van der Waals surface area contributed by atoms with Crippen LogP contribution in [0.4, 0.5) is 11.5 Å². The van der Waals surface area contributed by atoms with E-state index >= 15 is 0 Å². The second-order valence-electron chi connectivity index (χ2n) is 4.97. The zero-order chi connectivity index (χ0) is 16.2. The van der Waals surface area contributed by atoms with Crippen LogP contribution in [0.2, 0.25) is 0 Å². The van der Waals surface area contributed by atoms with Crippen molar-refractivity contribution < 1.29 is 14.3 Å². The first-order valence-corrected chi connectivity index (χ1v) is 7.51. The maximum Gasteiger partial charge on any atom is 0.276 e. The number of carbonyl (C=O) groups excluding carboxylic acids is 1. The number of hydrogen-bond acceptors (Lipinski definition) is 6. The van der Waals surface area contributed by atoms with Crippen LogP contribution < -0.4 is 19.7 Å². The fourth-order valence-electron chi connectivity index (χ4n) is 2.33. The van der Waals surface area contributed by atoms with Crippen LogP contribution in [-0.4, -0.2) is 36.0 Å². The number of benzene rings is 1. The molecule has 0 bridgehead atoms. The lowest BCUT2D eigenvalue weighted by atomic mass is 10.2. The molecule has 1 N–H and O–H groups in total. The Morgan fingerprint density at radius 3 is 2.61 bits per heavy atom. The summed E-state index contributed by atoms with van der Waals surface area (Å²) in [6.45, 7) is 5.98. The maximum absolute atomic E-state index is 12.2. The van der Waals surface area contributed by atoms with E-state index in [0.717, 1.165) is 18.9 Å². The number of rotatable bonds is 5. The van der Waals surface area contributed by atoms with E-state index in [1.54, 1.807) is 30.3 Å². The Morgan fingerprint density at radius 2 is 1.91 bits per heavy atom. The lowest BCUT2D eigenvalue weighted by Gasteiger charge is -2.18. The SMILES string of the molecule is CCN(CC)c1ccc(C(=O)Nc2ccc3c(c2)OCO3)nn1. The van der Waals surface area contributed by atoms with Crippen molar-refractivity contribution in [2.24, 2.45) is 0 Å². The normalized spacial score (nSPS) is 12.1. The summed E-state index contributed by atoms with van der Waals surface area (Å²) >= 11 is 0. The van der Waals surface area contributed by atoms with Gasteiger partial charge in [0.2, 0.25) is 6.79 Å². The molecular weight excluding hydrogens is 296 g/mol. The van der Waals surface area contributed by atoms with E-state index in [0.29, 0.717) is 17.2 Å². The van der Waals surface area contributed by atoms with Gasteiger partial charge >= 0.3 is 0 Å². The van der Waals surface area contributed by atoms with Crippen LogP contribution in [0.5, 0.6) is 11.5 Å².